The first-order chi connectivity index (χ1) is 9.97. The normalized spacial score (nSPS) is 10.1. The van der Waals surface area contributed by atoms with E-state index in [1.165, 1.54) is 29.0 Å². The van der Waals surface area contributed by atoms with E-state index < -0.39 is 5.97 Å². The summed E-state index contributed by atoms with van der Waals surface area (Å²) in [6.07, 6.45) is 1.45. The minimum absolute atomic E-state index is 0.0503. The number of hydrogen-bond donors (Lipinski definition) is 2. The van der Waals surface area contributed by atoms with Crippen molar-refractivity contribution in [3.8, 4) is 0 Å². The molecule has 0 bridgehead atoms. The number of aryl methyl sites for hydroxylation is 1. The van der Waals surface area contributed by atoms with Gasteiger partial charge in [-0.1, -0.05) is 18.2 Å². The maximum atomic E-state index is 12.0. The first-order valence-corrected chi connectivity index (χ1v) is 6.25. The number of amides is 1. The quantitative estimate of drug-likeness (QED) is 0.885. The topological polar surface area (TPSA) is 88.4 Å². The van der Waals surface area contributed by atoms with Gasteiger partial charge in [0.15, 0.2) is 0 Å². The van der Waals surface area contributed by atoms with Crippen LogP contribution in [-0.2, 0) is 18.3 Å². The molecule has 21 heavy (non-hydrogen) atoms. The molecule has 0 aliphatic heterocycles. The highest BCUT2D eigenvalue weighted by atomic mass is 16.4. The molecule has 108 valence electrons. The van der Waals surface area contributed by atoms with E-state index in [1.807, 2.05) is 0 Å². The number of nitrogens with zero attached hydrogens (tertiary/aromatic N) is 1. The SMILES string of the molecule is Cn1cc(NC(=O)Cc2ccccc2C(=O)O)ccc1=O. The Kier molecular flexibility index (Phi) is 4.18. The van der Waals surface area contributed by atoms with Gasteiger partial charge in [0, 0.05) is 19.3 Å². The van der Waals surface area contributed by atoms with Crippen molar-refractivity contribution in [1.29, 1.82) is 0 Å². The lowest BCUT2D eigenvalue weighted by Gasteiger charge is -2.08. The largest absolute Gasteiger partial charge is 0.478 e. The summed E-state index contributed by atoms with van der Waals surface area (Å²) in [6, 6.07) is 9.20. The number of carboxylic acids is 1. The molecule has 0 aliphatic carbocycles. The average Bonchev–Trinajstić information content (AvgIpc) is 2.43. The standard InChI is InChI=1S/C15H14N2O4/c1-17-9-11(6-7-14(17)19)16-13(18)8-10-4-2-3-5-12(10)15(20)21/h2-7,9H,8H2,1H3,(H,16,18)(H,20,21). The van der Waals surface area contributed by atoms with Gasteiger partial charge in [0.1, 0.15) is 0 Å². The van der Waals surface area contributed by atoms with Crippen LogP contribution in [0, 0.1) is 0 Å². The van der Waals surface area contributed by atoms with Crippen LogP contribution in [0.15, 0.2) is 47.4 Å². The highest BCUT2D eigenvalue weighted by Gasteiger charge is 2.12. The monoisotopic (exact) mass is 286 g/mol. The van der Waals surface area contributed by atoms with Crippen LogP contribution in [0.2, 0.25) is 0 Å². The van der Waals surface area contributed by atoms with E-state index in [0.717, 1.165) is 0 Å². The molecule has 2 N–H and O–H groups in total. The third-order valence-corrected chi connectivity index (χ3v) is 2.97. The molecular formula is C15H14N2O4. The van der Waals surface area contributed by atoms with E-state index in [0.29, 0.717) is 11.3 Å². The Hall–Kier alpha value is -2.89. The molecule has 1 aromatic heterocycles. The number of aromatic nitrogens is 1. The predicted octanol–water partition coefficient (Wildman–Crippen LogP) is 1.26. The first-order valence-electron chi connectivity index (χ1n) is 6.25. The predicted molar refractivity (Wildman–Crippen MR) is 77.4 cm³/mol. The Morgan fingerprint density at radius 1 is 1.19 bits per heavy atom. The number of anilines is 1. The van der Waals surface area contributed by atoms with Crippen molar-refractivity contribution in [2.75, 3.05) is 5.32 Å². The second-order valence-corrected chi connectivity index (χ2v) is 4.55. The Morgan fingerprint density at radius 2 is 1.90 bits per heavy atom. The molecule has 0 aliphatic rings. The summed E-state index contributed by atoms with van der Waals surface area (Å²) in [5, 5.41) is 11.7. The molecule has 0 fully saturated rings. The summed E-state index contributed by atoms with van der Waals surface area (Å²) in [5.74, 6) is -1.41. The lowest BCUT2D eigenvalue weighted by molar-refractivity contribution is -0.115. The van der Waals surface area contributed by atoms with Gasteiger partial charge in [-0.2, -0.15) is 0 Å². The van der Waals surface area contributed by atoms with Crippen LogP contribution in [0.25, 0.3) is 0 Å². The maximum Gasteiger partial charge on any atom is 0.335 e. The van der Waals surface area contributed by atoms with Gasteiger partial charge in [-0.05, 0) is 17.7 Å². The van der Waals surface area contributed by atoms with Crippen molar-refractivity contribution < 1.29 is 14.7 Å². The zero-order valence-electron chi connectivity index (χ0n) is 11.4. The minimum atomic E-state index is -1.07. The number of pyridine rings is 1. The summed E-state index contributed by atoms with van der Waals surface area (Å²) in [7, 11) is 1.58. The molecule has 0 unspecified atom stereocenters. The summed E-state index contributed by atoms with van der Waals surface area (Å²) >= 11 is 0. The van der Waals surface area contributed by atoms with Gasteiger partial charge in [0.05, 0.1) is 17.7 Å². The van der Waals surface area contributed by atoms with Crippen LogP contribution in [0.4, 0.5) is 5.69 Å². The highest BCUT2D eigenvalue weighted by Crippen LogP contribution is 2.11. The van der Waals surface area contributed by atoms with E-state index in [4.69, 9.17) is 5.11 Å². The van der Waals surface area contributed by atoms with Gasteiger partial charge in [-0.3, -0.25) is 9.59 Å². The second kappa shape index (κ2) is 6.04. The zero-order valence-corrected chi connectivity index (χ0v) is 11.4. The fourth-order valence-electron chi connectivity index (χ4n) is 1.93. The third-order valence-electron chi connectivity index (χ3n) is 2.97. The van der Waals surface area contributed by atoms with Crippen LogP contribution >= 0.6 is 0 Å². The number of aromatic carboxylic acids is 1. The fraction of sp³-hybridized carbons (Fsp3) is 0.133. The molecule has 0 saturated heterocycles. The fourth-order valence-corrected chi connectivity index (χ4v) is 1.93. The molecule has 0 atom stereocenters. The number of carbonyl (C=O) groups excluding carboxylic acids is 1. The molecule has 6 heteroatoms. The van der Waals surface area contributed by atoms with Gasteiger partial charge < -0.3 is 15.0 Å². The lowest BCUT2D eigenvalue weighted by Crippen LogP contribution is -2.19. The van der Waals surface area contributed by atoms with Crippen LogP contribution in [0.1, 0.15) is 15.9 Å². The lowest BCUT2D eigenvalue weighted by atomic mass is 10.0. The van der Waals surface area contributed by atoms with Gasteiger partial charge >= 0.3 is 5.97 Å². The smallest absolute Gasteiger partial charge is 0.335 e. The second-order valence-electron chi connectivity index (χ2n) is 4.55. The molecule has 1 aromatic carbocycles. The molecule has 1 heterocycles. The molecular weight excluding hydrogens is 272 g/mol. The van der Waals surface area contributed by atoms with E-state index in [2.05, 4.69) is 5.32 Å². The Labute approximate surface area is 120 Å². The number of carbonyl (C=O) groups is 2. The number of hydrogen-bond acceptors (Lipinski definition) is 3. The van der Waals surface area contributed by atoms with Crippen LogP contribution < -0.4 is 10.9 Å². The van der Waals surface area contributed by atoms with Crippen molar-refractivity contribution in [3.05, 3.63) is 64.1 Å². The van der Waals surface area contributed by atoms with Crippen molar-refractivity contribution in [3.63, 3.8) is 0 Å². The Morgan fingerprint density at radius 3 is 2.57 bits per heavy atom. The number of benzene rings is 1. The Balaban J connectivity index is 2.13. The molecule has 0 spiro atoms. The van der Waals surface area contributed by atoms with E-state index in [1.54, 1.807) is 25.2 Å². The van der Waals surface area contributed by atoms with Crippen molar-refractivity contribution in [2.24, 2.45) is 7.05 Å². The summed E-state index contributed by atoms with van der Waals surface area (Å²) in [6.45, 7) is 0. The molecule has 2 aromatic rings. The number of nitrogens with one attached hydrogen (secondary N) is 1. The summed E-state index contributed by atoms with van der Waals surface area (Å²) in [4.78, 5) is 34.3. The van der Waals surface area contributed by atoms with Crippen LogP contribution in [0.3, 0.4) is 0 Å². The number of carboxylic acid groups (broad SMARTS) is 1. The van der Waals surface area contributed by atoms with Gasteiger partial charge in [0.2, 0.25) is 11.5 Å². The Bertz CT molecular complexity index is 749. The summed E-state index contributed by atoms with van der Waals surface area (Å²) < 4.78 is 1.35. The summed E-state index contributed by atoms with van der Waals surface area (Å²) in [5.41, 5.74) is 0.847. The van der Waals surface area contributed by atoms with E-state index in [-0.39, 0.29) is 23.5 Å². The third kappa shape index (κ3) is 3.56. The molecule has 0 saturated carbocycles. The van der Waals surface area contributed by atoms with Gasteiger partial charge in [-0.25, -0.2) is 4.79 Å². The van der Waals surface area contributed by atoms with Crippen molar-refractivity contribution >= 4 is 17.6 Å². The van der Waals surface area contributed by atoms with E-state index >= 15 is 0 Å². The molecule has 2 rings (SSSR count). The first kappa shape index (κ1) is 14.5. The molecule has 6 nitrogen and oxygen atoms in total. The van der Waals surface area contributed by atoms with Gasteiger partial charge in [-0.15, -0.1) is 0 Å². The molecule has 1 amide bonds. The minimum Gasteiger partial charge on any atom is -0.478 e. The average molecular weight is 286 g/mol. The van der Waals surface area contributed by atoms with E-state index in [9.17, 15) is 14.4 Å². The van der Waals surface area contributed by atoms with Crippen LogP contribution in [-0.4, -0.2) is 21.6 Å². The van der Waals surface area contributed by atoms with Gasteiger partial charge in [0.25, 0.3) is 0 Å². The zero-order chi connectivity index (χ0) is 15.4. The number of rotatable bonds is 4. The van der Waals surface area contributed by atoms with Crippen molar-refractivity contribution in [2.45, 2.75) is 6.42 Å². The van der Waals surface area contributed by atoms with Crippen molar-refractivity contribution in [1.82, 2.24) is 4.57 Å². The molecule has 0 radical (unpaired) electrons. The highest BCUT2D eigenvalue weighted by molar-refractivity contribution is 5.95. The van der Waals surface area contributed by atoms with Crippen LogP contribution in [0.5, 0.6) is 0 Å². The maximum absolute atomic E-state index is 12.0.